The highest BCUT2D eigenvalue weighted by Gasteiger charge is 2.18. The fraction of sp³-hybridized carbons (Fsp3) is 0.0400. The topological polar surface area (TPSA) is 58.2 Å². The van der Waals surface area contributed by atoms with E-state index in [2.05, 4.69) is 10.6 Å². The minimum Gasteiger partial charge on any atom is -0.321 e. The van der Waals surface area contributed by atoms with E-state index in [1.807, 2.05) is 54.6 Å². The van der Waals surface area contributed by atoms with E-state index in [0.717, 1.165) is 34.1 Å². The molecular formula is C25H18ClFN2O2S. The molecule has 4 aromatic rings. The van der Waals surface area contributed by atoms with Crippen LogP contribution in [0.25, 0.3) is 11.1 Å². The lowest BCUT2D eigenvalue weighted by Gasteiger charge is -2.11. The third kappa shape index (κ3) is 4.72. The monoisotopic (exact) mass is 464 g/mol. The van der Waals surface area contributed by atoms with Gasteiger partial charge in [0.05, 0.1) is 20.5 Å². The van der Waals surface area contributed by atoms with Crippen LogP contribution in [0.1, 0.15) is 25.6 Å². The normalized spacial score (nSPS) is 10.6. The summed E-state index contributed by atoms with van der Waals surface area (Å²) in [5.41, 5.74) is 3.48. The van der Waals surface area contributed by atoms with Crippen molar-refractivity contribution in [2.45, 2.75) is 6.92 Å². The Hall–Kier alpha value is -3.48. The number of amides is 2. The summed E-state index contributed by atoms with van der Waals surface area (Å²) >= 11 is 7.13. The molecule has 0 spiro atoms. The molecule has 4 rings (SSSR count). The Morgan fingerprint density at radius 2 is 1.59 bits per heavy atom. The van der Waals surface area contributed by atoms with Crippen LogP contribution in [0.5, 0.6) is 0 Å². The van der Waals surface area contributed by atoms with Gasteiger partial charge in [0.1, 0.15) is 5.82 Å². The van der Waals surface area contributed by atoms with Crippen LogP contribution in [0.3, 0.4) is 0 Å². The van der Waals surface area contributed by atoms with Gasteiger partial charge in [-0.25, -0.2) is 4.39 Å². The molecule has 7 heteroatoms. The van der Waals surface area contributed by atoms with Gasteiger partial charge in [0.15, 0.2) is 0 Å². The summed E-state index contributed by atoms with van der Waals surface area (Å²) in [6, 6.07) is 22.7. The first-order valence-corrected chi connectivity index (χ1v) is 10.9. The van der Waals surface area contributed by atoms with E-state index in [-0.39, 0.29) is 16.5 Å². The Labute approximate surface area is 193 Å². The van der Waals surface area contributed by atoms with Gasteiger partial charge in [0.25, 0.3) is 11.8 Å². The summed E-state index contributed by atoms with van der Waals surface area (Å²) in [4.78, 5) is 26.0. The van der Waals surface area contributed by atoms with E-state index in [1.54, 1.807) is 13.0 Å². The van der Waals surface area contributed by atoms with Crippen LogP contribution in [-0.2, 0) is 0 Å². The van der Waals surface area contributed by atoms with Crippen LogP contribution in [-0.4, -0.2) is 11.8 Å². The van der Waals surface area contributed by atoms with Gasteiger partial charge in [-0.1, -0.05) is 60.1 Å². The number of hydrogen-bond donors (Lipinski definition) is 2. The standard InChI is InChI=1S/C25H18ClFN2O2S/c1-15-13-22(29-24(30)19-12-11-17(27)14-20(19)26)32-23(15)25(31)28-21-10-6-5-9-18(21)16-7-3-2-4-8-16/h2-14H,1H3,(H,28,31)(H,29,30). The lowest BCUT2D eigenvalue weighted by atomic mass is 10.0. The molecule has 1 aromatic heterocycles. The smallest absolute Gasteiger partial charge is 0.266 e. The first-order valence-electron chi connectivity index (χ1n) is 9.75. The number of nitrogens with one attached hydrogen (secondary N) is 2. The van der Waals surface area contributed by atoms with Gasteiger partial charge in [-0.2, -0.15) is 0 Å². The Morgan fingerprint density at radius 1 is 0.875 bits per heavy atom. The molecule has 0 bridgehead atoms. The first kappa shape index (κ1) is 21.7. The number of thiophene rings is 1. The molecule has 2 amide bonds. The number of hydrogen-bond acceptors (Lipinski definition) is 3. The van der Waals surface area contributed by atoms with Crippen molar-refractivity contribution in [3.8, 4) is 11.1 Å². The highest BCUT2D eigenvalue weighted by atomic mass is 35.5. The maximum Gasteiger partial charge on any atom is 0.266 e. The summed E-state index contributed by atoms with van der Waals surface area (Å²) in [5.74, 6) is -1.26. The molecule has 0 saturated carbocycles. The highest BCUT2D eigenvalue weighted by molar-refractivity contribution is 7.18. The summed E-state index contributed by atoms with van der Waals surface area (Å²) in [7, 11) is 0. The summed E-state index contributed by atoms with van der Waals surface area (Å²) < 4.78 is 13.2. The van der Waals surface area contributed by atoms with Gasteiger partial charge < -0.3 is 10.6 Å². The molecule has 0 atom stereocenters. The van der Waals surface area contributed by atoms with Crippen molar-refractivity contribution in [2.24, 2.45) is 0 Å². The molecule has 4 nitrogen and oxygen atoms in total. The van der Waals surface area contributed by atoms with E-state index >= 15 is 0 Å². The molecule has 0 fully saturated rings. The van der Waals surface area contributed by atoms with E-state index in [1.165, 1.54) is 12.1 Å². The third-order valence-electron chi connectivity index (χ3n) is 4.80. The average molecular weight is 465 g/mol. The zero-order valence-electron chi connectivity index (χ0n) is 17.0. The van der Waals surface area contributed by atoms with Crippen molar-refractivity contribution in [1.82, 2.24) is 0 Å². The van der Waals surface area contributed by atoms with Crippen molar-refractivity contribution in [2.75, 3.05) is 10.6 Å². The number of rotatable bonds is 5. The Balaban J connectivity index is 1.54. The number of carbonyl (C=O) groups excluding carboxylic acids is 2. The minimum atomic E-state index is -0.520. The molecular weight excluding hydrogens is 447 g/mol. The Bertz CT molecular complexity index is 1300. The second kappa shape index (κ2) is 9.34. The summed E-state index contributed by atoms with van der Waals surface area (Å²) in [5, 5.41) is 6.22. The molecule has 0 saturated heterocycles. The van der Waals surface area contributed by atoms with E-state index in [0.29, 0.717) is 15.6 Å². The maximum absolute atomic E-state index is 13.2. The fourth-order valence-corrected chi connectivity index (χ4v) is 4.48. The van der Waals surface area contributed by atoms with Crippen LogP contribution in [0.4, 0.5) is 15.1 Å². The number of para-hydroxylation sites is 1. The lowest BCUT2D eigenvalue weighted by Crippen LogP contribution is -2.12. The van der Waals surface area contributed by atoms with Crippen LogP contribution >= 0.6 is 22.9 Å². The van der Waals surface area contributed by atoms with E-state index in [4.69, 9.17) is 11.6 Å². The van der Waals surface area contributed by atoms with Gasteiger partial charge >= 0.3 is 0 Å². The van der Waals surface area contributed by atoms with Gasteiger partial charge in [-0.3, -0.25) is 9.59 Å². The predicted octanol–water partition coefficient (Wildman–Crippen LogP) is 7.02. The predicted molar refractivity (Wildman–Crippen MR) is 128 cm³/mol. The van der Waals surface area contributed by atoms with Gasteiger partial charge in [-0.05, 0) is 48.4 Å². The Morgan fingerprint density at radius 3 is 2.34 bits per heavy atom. The van der Waals surface area contributed by atoms with E-state index < -0.39 is 11.7 Å². The van der Waals surface area contributed by atoms with Crippen LogP contribution < -0.4 is 10.6 Å². The quantitative estimate of drug-likeness (QED) is 0.333. The molecule has 0 radical (unpaired) electrons. The van der Waals surface area contributed by atoms with Gasteiger partial charge in [0.2, 0.25) is 0 Å². The highest BCUT2D eigenvalue weighted by Crippen LogP contribution is 2.31. The molecule has 0 aliphatic heterocycles. The number of anilines is 2. The molecule has 160 valence electrons. The summed E-state index contributed by atoms with van der Waals surface area (Å²) in [6.45, 7) is 1.80. The van der Waals surface area contributed by atoms with Crippen molar-refractivity contribution in [3.05, 3.63) is 106 Å². The molecule has 0 aliphatic carbocycles. The first-order chi connectivity index (χ1) is 15.4. The molecule has 0 aliphatic rings. The SMILES string of the molecule is Cc1cc(NC(=O)c2ccc(F)cc2Cl)sc1C(=O)Nc1ccccc1-c1ccccc1. The largest absolute Gasteiger partial charge is 0.321 e. The molecule has 3 aromatic carbocycles. The van der Waals surface area contributed by atoms with Gasteiger partial charge in [-0.15, -0.1) is 11.3 Å². The number of carbonyl (C=O) groups is 2. The molecule has 0 unspecified atom stereocenters. The molecule has 32 heavy (non-hydrogen) atoms. The van der Waals surface area contributed by atoms with Crippen molar-refractivity contribution in [1.29, 1.82) is 0 Å². The van der Waals surface area contributed by atoms with Crippen molar-refractivity contribution < 1.29 is 14.0 Å². The minimum absolute atomic E-state index is 0.0197. The van der Waals surface area contributed by atoms with Crippen LogP contribution in [0.2, 0.25) is 5.02 Å². The molecule has 1 heterocycles. The zero-order valence-corrected chi connectivity index (χ0v) is 18.6. The number of aryl methyl sites for hydroxylation is 1. The van der Waals surface area contributed by atoms with Crippen molar-refractivity contribution >= 4 is 45.4 Å². The summed E-state index contributed by atoms with van der Waals surface area (Å²) in [6.07, 6.45) is 0. The van der Waals surface area contributed by atoms with Gasteiger partial charge in [0, 0.05) is 11.3 Å². The van der Waals surface area contributed by atoms with Crippen LogP contribution in [0.15, 0.2) is 78.9 Å². The third-order valence-corrected chi connectivity index (χ3v) is 6.26. The second-order valence-electron chi connectivity index (χ2n) is 7.07. The zero-order chi connectivity index (χ0) is 22.7. The number of halogens is 2. The lowest BCUT2D eigenvalue weighted by molar-refractivity contribution is 0.102. The van der Waals surface area contributed by atoms with E-state index in [9.17, 15) is 14.0 Å². The van der Waals surface area contributed by atoms with Crippen LogP contribution in [0, 0.1) is 12.7 Å². The Kier molecular flexibility index (Phi) is 6.35. The molecule has 2 N–H and O–H groups in total. The maximum atomic E-state index is 13.2. The fourth-order valence-electron chi connectivity index (χ4n) is 3.26. The average Bonchev–Trinajstić information content (AvgIpc) is 3.14. The number of benzene rings is 3. The van der Waals surface area contributed by atoms with Crippen molar-refractivity contribution in [3.63, 3.8) is 0 Å². The second-order valence-corrected chi connectivity index (χ2v) is 8.53.